The van der Waals surface area contributed by atoms with Gasteiger partial charge in [0, 0.05) is 24.4 Å². The quantitative estimate of drug-likeness (QED) is 0.551. The van der Waals surface area contributed by atoms with Crippen LogP contribution in [-0.4, -0.2) is 15.5 Å². The van der Waals surface area contributed by atoms with Gasteiger partial charge in [-0.25, -0.2) is 9.78 Å². The number of amides is 1. The Labute approximate surface area is 163 Å². The minimum atomic E-state index is -0.448. The number of hydrogen-bond donors (Lipinski definition) is 1. The number of thiazole rings is 1. The topological polar surface area (TPSA) is 77.1 Å². The van der Waals surface area contributed by atoms with Gasteiger partial charge in [0.2, 0.25) is 0 Å². The number of aromatic nitrogens is 2. The number of nitrogens with one attached hydrogen (secondary N) is 1. The maximum atomic E-state index is 12.7. The van der Waals surface area contributed by atoms with E-state index in [-0.39, 0.29) is 5.91 Å². The van der Waals surface area contributed by atoms with E-state index >= 15 is 0 Å². The molecule has 8 heteroatoms. The summed E-state index contributed by atoms with van der Waals surface area (Å²) in [5.41, 5.74) is 3.03. The van der Waals surface area contributed by atoms with Crippen molar-refractivity contribution >= 4 is 45.6 Å². The number of carbonyl (C=O) groups is 1. The highest BCUT2D eigenvalue weighted by molar-refractivity contribution is 7.17. The summed E-state index contributed by atoms with van der Waals surface area (Å²) in [6.45, 7) is 1.78. The lowest BCUT2D eigenvalue weighted by atomic mass is 10.2. The molecule has 4 rings (SSSR count). The van der Waals surface area contributed by atoms with Crippen LogP contribution in [0.15, 0.2) is 51.7 Å². The van der Waals surface area contributed by atoms with Gasteiger partial charge in [-0.2, -0.15) is 0 Å². The first-order chi connectivity index (χ1) is 12.9. The van der Waals surface area contributed by atoms with Gasteiger partial charge >= 0.3 is 5.76 Å². The molecule has 4 aromatic rings. The molecule has 0 bridgehead atoms. The highest BCUT2D eigenvalue weighted by atomic mass is 35.5. The summed E-state index contributed by atoms with van der Waals surface area (Å²) >= 11 is 7.51. The van der Waals surface area contributed by atoms with Crippen molar-refractivity contribution in [1.29, 1.82) is 0 Å². The SMILES string of the molecule is Cc1nc(-c2ccccc2Cl)sc1C(=O)Nc1ccc2c(c1)oc(=O)n2C. The Kier molecular flexibility index (Phi) is 4.33. The largest absolute Gasteiger partial charge is 0.419 e. The summed E-state index contributed by atoms with van der Waals surface area (Å²) in [5.74, 6) is -0.725. The number of rotatable bonds is 3. The molecule has 1 amide bonds. The lowest BCUT2D eigenvalue weighted by molar-refractivity contribution is 0.103. The van der Waals surface area contributed by atoms with Crippen molar-refractivity contribution in [2.24, 2.45) is 7.05 Å². The minimum absolute atomic E-state index is 0.277. The second-order valence-electron chi connectivity index (χ2n) is 5.98. The molecule has 6 nitrogen and oxygen atoms in total. The van der Waals surface area contributed by atoms with Gasteiger partial charge in [0.15, 0.2) is 5.58 Å². The number of aryl methyl sites for hydroxylation is 2. The molecule has 2 aromatic heterocycles. The Morgan fingerprint density at radius 1 is 1.26 bits per heavy atom. The fourth-order valence-electron chi connectivity index (χ4n) is 2.76. The van der Waals surface area contributed by atoms with Crippen LogP contribution >= 0.6 is 22.9 Å². The van der Waals surface area contributed by atoms with Gasteiger partial charge in [-0.3, -0.25) is 9.36 Å². The third-order valence-corrected chi connectivity index (χ3v) is 5.68. The zero-order valence-corrected chi connectivity index (χ0v) is 16.0. The van der Waals surface area contributed by atoms with Gasteiger partial charge in [0.1, 0.15) is 9.88 Å². The van der Waals surface area contributed by atoms with Crippen LogP contribution in [0.5, 0.6) is 0 Å². The maximum absolute atomic E-state index is 12.7. The minimum Gasteiger partial charge on any atom is -0.408 e. The molecule has 2 heterocycles. The van der Waals surface area contributed by atoms with Crippen LogP contribution in [0.3, 0.4) is 0 Å². The standard InChI is InChI=1S/C19H14ClN3O3S/c1-10-16(27-18(21-10)12-5-3-4-6-13(12)20)17(24)22-11-7-8-14-15(9-11)26-19(25)23(14)2/h3-9H,1-2H3,(H,22,24). The first-order valence-corrected chi connectivity index (χ1v) is 9.27. The fourth-order valence-corrected chi connectivity index (χ4v) is 4.04. The molecule has 1 N–H and O–H groups in total. The van der Waals surface area contributed by atoms with Gasteiger partial charge in [0.25, 0.3) is 5.91 Å². The Balaban J connectivity index is 1.64. The van der Waals surface area contributed by atoms with E-state index in [0.29, 0.717) is 37.4 Å². The molecule has 0 radical (unpaired) electrons. The van der Waals surface area contributed by atoms with Crippen LogP contribution in [0.1, 0.15) is 15.4 Å². The first kappa shape index (κ1) is 17.5. The van der Waals surface area contributed by atoms with Gasteiger partial charge < -0.3 is 9.73 Å². The van der Waals surface area contributed by atoms with Crippen molar-refractivity contribution in [3.8, 4) is 10.6 Å². The number of fused-ring (bicyclic) bond motifs is 1. The highest BCUT2D eigenvalue weighted by Gasteiger charge is 2.18. The summed E-state index contributed by atoms with van der Waals surface area (Å²) < 4.78 is 6.56. The number of anilines is 1. The van der Waals surface area contributed by atoms with Gasteiger partial charge in [-0.05, 0) is 25.1 Å². The molecule has 0 saturated carbocycles. The second-order valence-corrected chi connectivity index (χ2v) is 7.38. The monoisotopic (exact) mass is 399 g/mol. The Bertz CT molecular complexity index is 1240. The van der Waals surface area contributed by atoms with E-state index in [9.17, 15) is 9.59 Å². The molecular formula is C19H14ClN3O3S. The predicted molar refractivity (Wildman–Crippen MR) is 107 cm³/mol. The van der Waals surface area contributed by atoms with Crippen LogP contribution in [0.4, 0.5) is 5.69 Å². The molecule has 0 fully saturated rings. The Morgan fingerprint density at radius 2 is 2.04 bits per heavy atom. The molecule has 0 aliphatic heterocycles. The normalized spacial score (nSPS) is 11.1. The van der Waals surface area contributed by atoms with Crippen molar-refractivity contribution in [3.63, 3.8) is 0 Å². The zero-order chi connectivity index (χ0) is 19.1. The Hall–Kier alpha value is -2.90. The van der Waals surface area contributed by atoms with E-state index in [2.05, 4.69) is 10.3 Å². The van der Waals surface area contributed by atoms with Crippen LogP contribution in [-0.2, 0) is 7.05 Å². The summed E-state index contributed by atoms with van der Waals surface area (Å²) in [5, 5.41) is 4.10. The molecule has 0 saturated heterocycles. The third kappa shape index (κ3) is 3.15. The van der Waals surface area contributed by atoms with E-state index in [1.54, 1.807) is 38.2 Å². The molecule has 0 atom stereocenters. The van der Waals surface area contributed by atoms with Crippen molar-refractivity contribution in [2.75, 3.05) is 5.32 Å². The third-order valence-electron chi connectivity index (χ3n) is 4.16. The van der Waals surface area contributed by atoms with Crippen LogP contribution in [0.25, 0.3) is 21.7 Å². The van der Waals surface area contributed by atoms with E-state index in [4.69, 9.17) is 16.0 Å². The lowest BCUT2D eigenvalue weighted by Crippen LogP contribution is -2.11. The zero-order valence-electron chi connectivity index (χ0n) is 14.4. The maximum Gasteiger partial charge on any atom is 0.419 e. The molecule has 136 valence electrons. The number of halogens is 1. The summed E-state index contributed by atoms with van der Waals surface area (Å²) in [4.78, 5) is 29.3. The van der Waals surface area contributed by atoms with Gasteiger partial charge in [-0.15, -0.1) is 11.3 Å². The molecule has 2 aromatic carbocycles. The molecule has 27 heavy (non-hydrogen) atoms. The second kappa shape index (κ2) is 6.68. The molecule has 0 aliphatic carbocycles. The van der Waals surface area contributed by atoms with E-state index in [1.165, 1.54) is 15.9 Å². The van der Waals surface area contributed by atoms with Crippen LogP contribution in [0, 0.1) is 6.92 Å². The number of carbonyl (C=O) groups excluding carboxylic acids is 1. The average Bonchev–Trinajstić information content (AvgIpc) is 3.15. The lowest BCUT2D eigenvalue weighted by Gasteiger charge is -2.04. The predicted octanol–water partition coefficient (Wildman–Crippen LogP) is 4.47. The first-order valence-electron chi connectivity index (χ1n) is 8.07. The van der Waals surface area contributed by atoms with Crippen molar-refractivity contribution < 1.29 is 9.21 Å². The average molecular weight is 400 g/mol. The van der Waals surface area contributed by atoms with Crippen molar-refractivity contribution in [1.82, 2.24) is 9.55 Å². The van der Waals surface area contributed by atoms with E-state index < -0.39 is 5.76 Å². The van der Waals surface area contributed by atoms with Crippen molar-refractivity contribution in [2.45, 2.75) is 6.92 Å². The van der Waals surface area contributed by atoms with Crippen molar-refractivity contribution in [3.05, 3.63) is 68.6 Å². The number of benzene rings is 2. The van der Waals surface area contributed by atoms with Crippen LogP contribution < -0.4 is 11.1 Å². The van der Waals surface area contributed by atoms with E-state index in [0.717, 1.165) is 5.56 Å². The van der Waals surface area contributed by atoms with Gasteiger partial charge in [-0.1, -0.05) is 29.8 Å². The number of nitrogens with zero attached hydrogens (tertiary/aromatic N) is 2. The molecular weight excluding hydrogens is 386 g/mol. The highest BCUT2D eigenvalue weighted by Crippen LogP contribution is 2.33. The number of oxazole rings is 1. The number of hydrogen-bond acceptors (Lipinski definition) is 5. The fraction of sp³-hybridized carbons (Fsp3) is 0.105. The summed E-state index contributed by atoms with van der Waals surface area (Å²) in [6, 6.07) is 12.5. The molecule has 0 aliphatic rings. The van der Waals surface area contributed by atoms with Crippen LogP contribution in [0.2, 0.25) is 5.02 Å². The van der Waals surface area contributed by atoms with Gasteiger partial charge in [0.05, 0.1) is 16.2 Å². The molecule has 0 unspecified atom stereocenters. The Morgan fingerprint density at radius 3 is 2.81 bits per heavy atom. The smallest absolute Gasteiger partial charge is 0.408 e. The summed E-state index contributed by atoms with van der Waals surface area (Å²) in [7, 11) is 1.63. The molecule has 0 spiro atoms. The summed E-state index contributed by atoms with van der Waals surface area (Å²) in [6.07, 6.45) is 0. The van der Waals surface area contributed by atoms with E-state index in [1.807, 2.05) is 18.2 Å².